The molecule has 5 nitrogen and oxygen atoms in total. The van der Waals surface area contributed by atoms with Crippen LogP contribution in [-0.4, -0.2) is 53.3 Å². The summed E-state index contributed by atoms with van der Waals surface area (Å²) in [5.74, 6) is 0.986. The van der Waals surface area contributed by atoms with Gasteiger partial charge in [-0.15, -0.1) is 0 Å². The zero-order valence-corrected chi connectivity index (χ0v) is 10.1. The number of nitrogens with one attached hydrogen (secondary N) is 2. The van der Waals surface area contributed by atoms with Gasteiger partial charge in [-0.1, -0.05) is 0 Å². The van der Waals surface area contributed by atoms with E-state index in [0.717, 1.165) is 44.7 Å². The highest BCUT2D eigenvalue weighted by atomic mass is 16.5. The monoisotopic (exact) mass is 236 g/mol. The number of imidazole rings is 1. The minimum absolute atomic E-state index is 0.333. The Labute approximate surface area is 102 Å². The smallest absolute Gasteiger partial charge is 0.120 e. The molecule has 1 aliphatic heterocycles. The van der Waals surface area contributed by atoms with Crippen LogP contribution in [0.15, 0.2) is 12.4 Å². The van der Waals surface area contributed by atoms with Gasteiger partial charge in [-0.25, -0.2) is 4.98 Å². The van der Waals surface area contributed by atoms with E-state index in [2.05, 4.69) is 20.2 Å². The molecule has 94 valence electrons. The highest BCUT2D eigenvalue weighted by molar-refractivity contribution is 4.89. The molecule has 0 spiro atoms. The van der Waals surface area contributed by atoms with Gasteiger partial charge in [0.25, 0.3) is 0 Å². The number of aromatic nitrogens is 2. The van der Waals surface area contributed by atoms with E-state index < -0.39 is 0 Å². The van der Waals surface area contributed by atoms with Crippen LogP contribution in [0.3, 0.4) is 0 Å². The second-order valence-electron chi connectivity index (χ2n) is 4.89. The Morgan fingerprint density at radius 3 is 3.24 bits per heavy atom. The molecular formula is C12H20N4O. The Morgan fingerprint density at radius 2 is 2.47 bits per heavy atom. The number of H-pyrrole nitrogens is 1. The van der Waals surface area contributed by atoms with Crippen molar-refractivity contribution in [1.29, 1.82) is 0 Å². The van der Waals surface area contributed by atoms with Gasteiger partial charge in [-0.2, -0.15) is 0 Å². The van der Waals surface area contributed by atoms with Crippen molar-refractivity contribution in [3.05, 3.63) is 18.2 Å². The molecule has 1 saturated carbocycles. The number of rotatable bonds is 5. The molecule has 1 aliphatic carbocycles. The maximum absolute atomic E-state index is 5.77. The minimum Gasteiger partial charge on any atom is -0.374 e. The van der Waals surface area contributed by atoms with Crippen LogP contribution in [-0.2, 0) is 11.3 Å². The van der Waals surface area contributed by atoms with E-state index in [9.17, 15) is 0 Å². The summed E-state index contributed by atoms with van der Waals surface area (Å²) in [6, 6.07) is 0.853. The fourth-order valence-electron chi connectivity index (χ4n) is 2.38. The average Bonchev–Trinajstić information content (AvgIpc) is 3.09. The van der Waals surface area contributed by atoms with Gasteiger partial charge in [0.05, 0.1) is 19.3 Å². The normalized spacial score (nSPS) is 26.2. The third-order valence-electron chi connectivity index (χ3n) is 3.45. The van der Waals surface area contributed by atoms with Crippen LogP contribution in [0.5, 0.6) is 0 Å². The molecule has 3 rings (SSSR count). The second-order valence-corrected chi connectivity index (χ2v) is 4.89. The first-order valence-corrected chi connectivity index (χ1v) is 6.46. The first kappa shape index (κ1) is 11.2. The van der Waals surface area contributed by atoms with Crippen LogP contribution in [0, 0.1) is 0 Å². The maximum atomic E-state index is 5.77. The van der Waals surface area contributed by atoms with E-state index in [0.29, 0.717) is 6.10 Å². The van der Waals surface area contributed by atoms with Crippen molar-refractivity contribution >= 4 is 0 Å². The number of ether oxygens (including phenoxy) is 1. The molecule has 1 aromatic heterocycles. The lowest BCUT2D eigenvalue weighted by atomic mass is 10.2. The lowest BCUT2D eigenvalue weighted by Crippen LogP contribution is -2.47. The quantitative estimate of drug-likeness (QED) is 0.775. The Bertz CT molecular complexity index is 336. The molecule has 0 aromatic carbocycles. The fraction of sp³-hybridized carbons (Fsp3) is 0.750. The molecular weight excluding hydrogens is 216 g/mol. The molecule has 1 saturated heterocycles. The molecule has 2 heterocycles. The van der Waals surface area contributed by atoms with Crippen molar-refractivity contribution in [3.8, 4) is 0 Å². The second kappa shape index (κ2) is 5.16. The van der Waals surface area contributed by atoms with Crippen LogP contribution in [0.2, 0.25) is 0 Å². The summed E-state index contributed by atoms with van der Waals surface area (Å²) < 4.78 is 5.77. The van der Waals surface area contributed by atoms with E-state index in [1.54, 1.807) is 6.20 Å². The van der Waals surface area contributed by atoms with Gasteiger partial charge in [-0.05, 0) is 12.8 Å². The van der Waals surface area contributed by atoms with Crippen molar-refractivity contribution in [2.24, 2.45) is 0 Å². The molecule has 0 radical (unpaired) electrons. The number of aromatic amines is 1. The fourth-order valence-corrected chi connectivity index (χ4v) is 2.38. The van der Waals surface area contributed by atoms with Gasteiger partial charge >= 0.3 is 0 Å². The van der Waals surface area contributed by atoms with Gasteiger partial charge in [0.15, 0.2) is 0 Å². The van der Waals surface area contributed by atoms with E-state index >= 15 is 0 Å². The first-order chi connectivity index (χ1) is 8.42. The van der Waals surface area contributed by atoms with E-state index in [4.69, 9.17) is 4.74 Å². The van der Waals surface area contributed by atoms with Crippen molar-refractivity contribution in [3.63, 3.8) is 0 Å². The van der Waals surface area contributed by atoms with E-state index in [1.807, 2.05) is 6.20 Å². The predicted molar refractivity (Wildman–Crippen MR) is 64.6 cm³/mol. The molecule has 2 N–H and O–H groups in total. The lowest BCUT2D eigenvalue weighted by molar-refractivity contribution is -0.0302. The average molecular weight is 236 g/mol. The Kier molecular flexibility index (Phi) is 3.40. The van der Waals surface area contributed by atoms with Crippen LogP contribution < -0.4 is 5.32 Å². The first-order valence-electron chi connectivity index (χ1n) is 6.46. The third kappa shape index (κ3) is 3.06. The number of nitrogens with zero attached hydrogens (tertiary/aromatic N) is 2. The maximum Gasteiger partial charge on any atom is 0.120 e. The Hall–Kier alpha value is -0.910. The molecule has 2 aliphatic rings. The van der Waals surface area contributed by atoms with Crippen LogP contribution in [0.4, 0.5) is 0 Å². The molecule has 0 amide bonds. The van der Waals surface area contributed by atoms with Gasteiger partial charge in [0, 0.05) is 38.1 Å². The highest BCUT2D eigenvalue weighted by Crippen LogP contribution is 2.27. The molecule has 2 fully saturated rings. The van der Waals surface area contributed by atoms with Crippen molar-refractivity contribution in [2.45, 2.75) is 31.5 Å². The SMILES string of the molecule is c1c[nH]c(CNC[C@@H]2CN(C3CC3)CCO2)n1. The highest BCUT2D eigenvalue weighted by Gasteiger charge is 2.32. The molecule has 1 aromatic rings. The molecule has 0 bridgehead atoms. The zero-order valence-electron chi connectivity index (χ0n) is 10.1. The summed E-state index contributed by atoms with van der Waals surface area (Å²) in [7, 11) is 0. The summed E-state index contributed by atoms with van der Waals surface area (Å²) >= 11 is 0. The largest absolute Gasteiger partial charge is 0.374 e. The molecule has 0 unspecified atom stereocenters. The van der Waals surface area contributed by atoms with E-state index in [-0.39, 0.29) is 0 Å². The van der Waals surface area contributed by atoms with Crippen molar-refractivity contribution in [1.82, 2.24) is 20.2 Å². The van der Waals surface area contributed by atoms with Crippen molar-refractivity contribution in [2.75, 3.05) is 26.2 Å². The molecule has 1 atom stereocenters. The van der Waals surface area contributed by atoms with Gasteiger partial charge in [0.1, 0.15) is 5.82 Å². The van der Waals surface area contributed by atoms with Gasteiger partial charge < -0.3 is 15.0 Å². The van der Waals surface area contributed by atoms with E-state index in [1.165, 1.54) is 12.8 Å². The number of hydrogen-bond donors (Lipinski definition) is 2. The number of hydrogen-bond acceptors (Lipinski definition) is 4. The topological polar surface area (TPSA) is 53.2 Å². The predicted octanol–water partition coefficient (Wildman–Crippen LogP) is 0.362. The van der Waals surface area contributed by atoms with Crippen molar-refractivity contribution < 1.29 is 4.74 Å². The van der Waals surface area contributed by atoms with Crippen LogP contribution in [0.1, 0.15) is 18.7 Å². The molecule has 5 heteroatoms. The summed E-state index contributed by atoms with van der Waals surface area (Å²) in [6.45, 7) is 4.76. The lowest BCUT2D eigenvalue weighted by Gasteiger charge is -2.33. The van der Waals surface area contributed by atoms with Crippen LogP contribution in [0.25, 0.3) is 0 Å². The standard InChI is InChI=1S/C12H20N4O/c1-2-10(1)16-5-6-17-11(9-16)7-13-8-12-14-3-4-15-12/h3-4,10-11,13H,1-2,5-9H2,(H,14,15)/t11-/m1/s1. The van der Waals surface area contributed by atoms with Crippen LogP contribution >= 0.6 is 0 Å². The molecule has 17 heavy (non-hydrogen) atoms. The number of morpholine rings is 1. The van der Waals surface area contributed by atoms with Gasteiger partial charge in [0.2, 0.25) is 0 Å². The van der Waals surface area contributed by atoms with Gasteiger partial charge in [-0.3, -0.25) is 4.90 Å². The Morgan fingerprint density at radius 1 is 1.53 bits per heavy atom. The Balaban J connectivity index is 1.39. The summed E-state index contributed by atoms with van der Waals surface area (Å²) in [5, 5.41) is 3.39. The summed E-state index contributed by atoms with van der Waals surface area (Å²) in [4.78, 5) is 9.84. The third-order valence-corrected chi connectivity index (χ3v) is 3.45. The zero-order chi connectivity index (χ0) is 11.5. The minimum atomic E-state index is 0.333. The summed E-state index contributed by atoms with van der Waals surface area (Å²) in [6.07, 6.45) is 6.73. The summed E-state index contributed by atoms with van der Waals surface area (Å²) in [5.41, 5.74) is 0.